The first-order chi connectivity index (χ1) is 11.3. The van der Waals surface area contributed by atoms with E-state index in [1.165, 1.54) is 0 Å². The fourth-order valence-electron chi connectivity index (χ4n) is 2.98. The molecule has 0 aromatic carbocycles. The van der Waals surface area contributed by atoms with E-state index in [2.05, 4.69) is 36.9 Å². The van der Waals surface area contributed by atoms with Gasteiger partial charge in [0.25, 0.3) is 0 Å². The lowest BCUT2D eigenvalue weighted by atomic mass is 10.3. The van der Waals surface area contributed by atoms with Crippen LogP contribution in [0.3, 0.4) is 0 Å². The third kappa shape index (κ3) is 2.77. The zero-order chi connectivity index (χ0) is 15.6. The van der Waals surface area contributed by atoms with Crippen LogP contribution >= 0.6 is 0 Å². The van der Waals surface area contributed by atoms with E-state index < -0.39 is 0 Å². The van der Waals surface area contributed by atoms with E-state index in [1.54, 1.807) is 12.5 Å². The van der Waals surface area contributed by atoms with Crippen LogP contribution < -0.4 is 4.90 Å². The second-order valence-corrected chi connectivity index (χ2v) is 5.68. The summed E-state index contributed by atoms with van der Waals surface area (Å²) >= 11 is 0. The third-order valence-corrected chi connectivity index (χ3v) is 4.30. The summed E-state index contributed by atoms with van der Waals surface area (Å²) in [6.07, 6.45) is 5.29. The molecule has 0 saturated carbocycles. The second kappa shape index (κ2) is 5.96. The summed E-state index contributed by atoms with van der Waals surface area (Å²) in [5, 5.41) is 8.86. The first-order valence-electron chi connectivity index (χ1n) is 7.98. The van der Waals surface area contributed by atoms with Crippen LogP contribution in [-0.2, 0) is 13.1 Å². The standard InChI is InChI=1S/C15H20N8/c1-2-22-15(17-12-18-22)11-20-7-9-21(10-8-20)14-4-3-13-16-5-6-23(13)19-14/h3-6,12H,2,7-11H2,1H3. The van der Waals surface area contributed by atoms with E-state index in [4.69, 9.17) is 0 Å². The van der Waals surface area contributed by atoms with Gasteiger partial charge in [-0.3, -0.25) is 4.90 Å². The molecule has 4 rings (SSSR count). The molecule has 8 heteroatoms. The van der Waals surface area contributed by atoms with Gasteiger partial charge in [0.2, 0.25) is 0 Å². The molecule has 1 saturated heterocycles. The summed E-state index contributed by atoms with van der Waals surface area (Å²) in [6.45, 7) is 7.75. The summed E-state index contributed by atoms with van der Waals surface area (Å²) in [5.41, 5.74) is 0.881. The van der Waals surface area contributed by atoms with Crippen LogP contribution in [0.4, 0.5) is 5.82 Å². The van der Waals surface area contributed by atoms with E-state index in [-0.39, 0.29) is 0 Å². The van der Waals surface area contributed by atoms with Crippen LogP contribution in [0.2, 0.25) is 0 Å². The fraction of sp³-hybridized carbons (Fsp3) is 0.467. The third-order valence-electron chi connectivity index (χ3n) is 4.30. The Bertz CT molecular complexity index is 783. The maximum absolute atomic E-state index is 4.62. The molecule has 23 heavy (non-hydrogen) atoms. The van der Waals surface area contributed by atoms with Gasteiger partial charge < -0.3 is 4.90 Å². The molecule has 0 aliphatic carbocycles. The fourth-order valence-corrected chi connectivity index (χ4v) is 2.98. The highest BCUT2D eigenvalue weighted by Gasteiger charge is 2.20. The Kier molecular flexibility index (Phi) is 3.66. The Morgan fingerprint density at radius 3 is 2.78 bits per heavy atom. The monoisotopic (exact) mass is 312 g/mol. The van der Waals surface area contributed by atoms with Crippen molar-refractivity contribution in [3.63, 3.8) is 0 Å². The molecule has 120 valence electrons. The van der Waals surface area contributed by atoms with Gasteiger partial charge in [-0.05, 0) is 19.1 Å². The van der Waals surface area contributed by atoms with Crippen LogP contribution in [0.15, 0.2) is 30.9 Å². The van der Waals surface area contributed by atoms with E-state index >= 15 is 0 Å². The molecule has 1 fully saturated rings. The molecule has 8 nitrogen and oxygen atoms in total. The van der Waals surface area contributed by atoms with Crippen molar-refractivity contribution in [1.82, 2.24) is 34.3 Å². The molecule has 0 radical (unpaired) electrons. The number of nitrogens with zero attached hydrogens (tertiary/aromatic N) is 8. The number of aromatic nitrogens is 6. The molecule has 0 unspecified atom stereocenters. The van der Waals surface area contributed by atoms with Crippen molar-refractivity contribution in [2.24, 2.45) is 0 Å². The number of piperazine rings is 1. The van der Waals surface area contributed by atoms with E-state index in [0.717, 1.165) is 56.6 Å². The summed E-state index contributed by atoms with van der Waals surface area (Å²) in [4.78, 5) is 13.3. The lowest BCUT2D eigenvalue weighted by molar-refractivity contribution is 0.239. The number of anilines is 1. The van der Waals surface area contributed by atoms with Crippen molar-refractivity contribution >= 4 is 11.5 Å². The maximum atomic E-state index is 4.62. The lowest BCUT2D eigenvalue weighted by Crippen LogP contribution is -2.46. The van der Waals surface area contributed by atoms with Crippen LogP contribution in [-0.4, -0.2) is 60.4 Å². The van der Waals surface area contributed by atoms with Gasteiger partial charge in [-0.25, -0.2) is 19.2 Å². The number of rotatable bonds is 4. The molecule has 3 aromatic heterocycles. The Hall–Kier alpha value is -2.48. The average Bonchev–Trinajstić information content (AvgIpc) is 3.23. The average molecular weight is 312 g/mol. The van der Waals surface area contributed by atoms with Gasteiger partial charge in [0.15, 0.2) is 5.65 Å². The predicted molar refractivity (Wildman–Crippen MR) is 86.2 cm³/mol. The summed E-state index contributed by atoms with van der Waals surface area (Å²) in [5.74, 6) is 2.05. The predicted octanol–water partition coefficient (Wildman–Crippen LogP) is 0.663. The van der Waals surface area contributed by atoms with E-state index in [9.17, 15) is 0 Å². The summed E-state index contributed by atoms with van der Waals surface area (Å²) in [6, 6.07) is 4.06. The van der Waals surface area contributed by atoms with Crippen LogP contribution in [0.25, 0.3) is 5.65 Å². The van der Waals surface area contributed by atoms with Crippen LogP contribution in [0, 0.1) is 0 Å². The molecule has 0 spiro atoms. The molecule has 1 aliphatic heterocycles. The number of hydrogen-bond acceptors (Lipinski definition) is 6. The molecule has 0 N–H and O–H groups in total. The second-order valence-electron chi connectivity index (χ2n) is 5.68. The molecule has 3 aromatic rings. The smallest absolute Gasteiger partial charge is 0.153 e. The number of imidazole rings is 1. The van der Waals surface area contributed by atoms with Crippen molar-refractivity contribution in [2.45, 2.75) is 20.0 Å². The molecule has 1 aliphatic rings. The SMILES string of the molecule is CCn1ncnc1CN1CCN(c2ccc3nccn3n2)CC1. The normalized spacial score (nSPS) is 16.3. The van der Waals surface area contributed by atoms with Gasteiger partial charge in [-0.15, -0.1) is 5.10 Å². The van der Waals surface area contributed by atoms with E-state index in [1.807, 2.05) is 27.5 Å². The Morgan fingerprint density at radius 2 is 1.96 bits per heavy atom. The van der Waals surface area contributed by atoms with Gasteiger partial charge >= 0.3 is 0 Å². The first-order valence-corrected chi connectivity index (χ1v) is 7.98. The minimum atomic E-state index is 0.857. The summed E-state index contributed by atoms with van der Waals surface area (Å²) < 4.78 is 3.78. The first kappa shape index (κ1) is 14.1. The number of aryl methyl sites for hydroxylation is 1. The minimum absolute atomic E-state index is 0.857. The van der Waals surface area contributed by atoms with Crippen molar-refractivity contribution in [2.75, 3.05) is 31.1 Å². The Labute approximate surface area is 134 Å². The largest absolute Gasteiger partial charge is 0.353 e. The van der Waals surface area contributed by atoms with Gasteiger partial charge in [0.1, 0.15) is 18.0 Å². The summed E-state index contributed by atoms with van der Waals surface area (Å²) in [7, 11) is 0. The molecular weight excluding hydrogens is 292 g/mol. The van der Waals surface area contributed by atoms with Gasteiger partial charge in [0, 0.05) is 45.1 Å². The van der Waals surface area contributed by atoms with Gasteiger partial charge in [-0.1, -0.05) is 0 Å². The molecule has 4 heterocycles. The van der Waals surface area contributed by atoms with Crippen molar-refractivity contribution < 1.29 is 0 Å². The number of hydrogen-bond donors (Lipinski definition) is 0. The van der Waals surface area contributed by atoms with Crippen molar-refractivity contribution in [3.05, 3.63) is 36.7 Å². The molecule has 0 bridgehead atoms. The molecular formula is C15H20N8. The van der Waals surface area contributed by atoms with Gasteiger partial charge in [-0.2, -0.15) is 5.10 Å². The highest BCUT2D eigenvalue weighted by molar-refractivity contribution is 5.46. The molecule has 0 amide bonds. The minimum Gasteiger partial charge on any atom is -0.353 e. The highest BCUT2D eigenvalue weighted by atomic mass is 15.4. The van der Waals surface area contributed by atoms with Crippen LogP contribution in [0.1, 0.15) is 12.7 Å². The lowest BCUT2D eigenvalue weighted by Gasteiger charge is -2.35. The van der Waals surface area contributed by atoms with E-state index in [0.29, 0.717) is 0 Å². The molecule has 0 atom stereocenters. The quantitative estimate of drug-likeness (QED) is 0.705. The number of fused-ring (bicyclic) bond motifs is 1. The maximum Gasteiger partial charge on any atom is 0.153 e. The zero-order valence-corrected chi connectivity index (χ0v) is 13.2. The zero-order valence-electron chi connectivity index (χ0n) is 13.2. The highest BCUT2D eigenvalue weighted by Crippen LogP contribution is 2.15. The van der Waals surface area contributed by atoms with Crippen molar-refractivity contribution in [3.8, 4) is 0 Å². The topological polar surface area (TPSA) is 67.4 Å². The van der Waals surface area contributed by atoms with Gasteiger partial charge in [0.05, 0.1) is 6.54 Å². The van der Waals surface area contributed by atoms with Crippen molar-refractivity contribution in [1.29, 1.82) is 0 Å². The Morgan fingerprint density at radius 1 is 1.09 bits per heavy atom. The van der Waals surface area contributed by atoms with Crippen LogP contribution in [0.5, 0.6) is 0 Å². The Balaban J connectivity index is 1.40.